The van der Waals surface area contributed by atoms with Gasteiger partial charge in [-0.25, -0.2) is 0 Å². The minimum atomic E-state index is 0.828. The average molecular weight is 227 g/mol. The van der Waals surface area contributed by atoms with Crippen LogP contribution in [0.3, 0.4) is 0 Å². The standard InChI is InChI=1S/C15H17NO/c1-12-8-9-14(17-2)10-15(12)16-11-13-6-4-3-5-7-13/h3-10,16H,11H2,1-2H3. The molecular formula is C15H17NO. The van der Waals surface area contributed by atoms with E-state index in [9.17, 15) is 0 Å². The molecule has 0 atom stereocenters. The van der Waals surface area contributed by atoms with Crippen LogP contribution in [0.2, 0.25) is 0 Å². The zero-order valence-electron chi connectivity index (χ0n) is 10.2. The highest BCUT2D eigenvalue weighted by atomic mass is 16.5. The van der Waals surface area contributed by atoms with Crippen molar-refractivity contribution in [3.05, 3.63) is 59.7 Å². The maximum Gasteiger partial charge on any atom is 0.120 e. The first-order valence-electron chi connectivity index (χ1n) is 5.72. The van der Waals surface area contributed by atoms with E-state index in [-0.39, 0.29) is 0 Å². The van der Waals surface area contributed by atoms with Crippen LogP contribution in [0.5, 0.6) is 5.75 Å². The van der Waals surface area contributed by atoms with Crippen molar-refractivity contribution in [1.82, 2.24) is 0 Å². The Morgan fingerprint density at radius 3 is 2.53 bits per heavy atom. The summed E-state index contributed by atoms with van der Waals surface area (Å²) in [5, 5.41) is 3.42. The Kier molecular flexibility index (Phi) is 3.66. The minimum absolute atomic E-state index is 0.828. The van der Waals surface area contributed by atoms with Crippen molar-refractivity contribution in [1.29, 1.82) is 0 Å². The molecule has 0 saturated carbocycles. The lowest BCUT2D eigenvalue weighted by Crippen LogP contribution is -2.01. The first-order chi connectivity index (χ1) is 8.29. The number of rotatable bonds is 4. The van der Waals surface area contributed by atoms with Gasteiger partial charge in [-0.1, -0.05) is 36.4 Å². The normalized spacial score (nSPS) is 10.0. The van der Waals surface area contributed by atoms with E-state index < -0.39 is 0 Å². The van der Waals surface area contributed by atoms with E-state index >= 15 is 0 Å². The predicted octanol–water partition coefficient (Wildman–Crippen LogP) is 3.62. The molecule has 0 fully saturated rings. The van der Waals surface area contributed by atoms with E-state index in [2.05, 4.69) is 42.6 Å². The molecule has 2 nitrogen and oxygen atoms in total. The fraction of sp³-hybridized carbons (Fsp3) is 0.200. The summed E-state index contributed by atoms with van der Waals surface area (Å²) in [7, 11) is 1.69. The van der Waals surface area contributed by atoms with Crippen LogP contribution in [0.4, 0.5) is 5.69 Å². The monoisotopic (exact) mass is 227 g/mol. The summed E-state index contributed by atoms with van der Waals surface area (Å²) in [5.41, 5.74) is 3.62. The number of anilines is 1. The molecule has 1 N–H and O–H groups in total. The average Bonchev–Trinajstić information content (AvgIpc) is 2.39. The molecule has 2 rings (SSSR count). The third-order valence-electron chi connectivity index (χ3n) is 2.77. The second-order valence-corrected chi connectivity index (χ2v) is 4.02. The molecule has 17 heavy (non-hydrogen) atoms. The molecule has 0 aliphatic rings. The van der Waals surface area contributed by atoms with Crippen LogP contribution in [-0.2, 0) is 6.54 Å². The van der Waals surface area contributed by atoms with Crippen molar-refractivity contribution < 1.29 is 4.74 Å². The van der Waals surface area contributed by atoms with Crippen LogP contribution < -0.4 is 10.1 Å². The smallest absolute Gasteiger partial charge is 0.120 e. The third-order valence-corrected chi connectivity index (χ3v) is 2.77. The highest BCUT2D eigenvalue weighted by Gasteiger charge is 2.00. The number of methoxy groups -OCH3 is 1. The molecule has 2 heteroatoms. The maximum atomic E-state index is 5.22. The van der Waals surface area contributed by atoms with E-state index in [0.717, 1.165) is 18.0 Å². The van der Waals surface area contributed by atoms with E-state index in [1.54, 1.807) is 7.11 Å². The Morgan fingerprint density at radius 2 is 1.82 bits per heavy atom. The van der Waals surface area contributed by atoms with Gasteiger partial charge in [0, 0.05) is 18.3 Å². The number of ether oxygens (including phenoxy) is 1. The molecule has 2 aromatic carbocycles. The van der Waals surface area contributed by atoms with Crippen molar-refractivity contribution in [2.75, 3.05) is 12.4 Å². The molecule has 0 heterocycles. The fourth-order valence-electron chi connectivity index (χ4n) is 1.71. The summed E-state index contributed by atoms with van der Waals surface area (Å²) in [5.74, 6) is 0.881. The Balaban J connectivity index is 2.08. The van der Waals surface area contributed by atoms with Gasteiger partial charge in [-0.2, -0.15) is 0 Å². The van der Waals surface area contributed by atoms with Gasteiger partial charge in [-0.05, 0) is 24.1 Å². The highest BCUT2D eigenvalue weighted by Crippen LogP contribution is 2.22. The van der Waals surface area contributed by atoms with Gasteiger partial charge in [-0.3, -0.25) is 0 Å². The molecule has 0 aliphatic carbocycles. The number of benzene rings is 2. The topological polar surface area (TPSA) is 21.3 Å². The molecule has 88 valence electrons. The molecular weight excluding hydrogens is 210 g/mol. The summed E-state index contributed by atoms with van der Waals surface area (Å²) in [6.45, 7) is 2.92. The Hall–Kier alpha value is -1.96. The first kappa shape index (κ1) is 11.5. The van der Waals surface area contributed by atoms with Crippen LogP contribution >= 0.6 is 0 Å². The van der Waals surface area contributed by atoms with E-state index in [0.29, 0.717) is 0 Å². The van der Waals surface area contributed by atoms with Crippen molar-refractivity contribution in [3.8, 4) is 5.75 Å². The summed E-state index contributed by atoms with van der Waals surface area (Å²) < 4.78 is 5.22. The van der Waals surface area contributed by atoms with E-state index in [1.807, 2.05) is 18.2 Å². The van der Waals surface area contributed by atoms with Gasteiger partial charge < -0.3 is 10.1 Å². The van der Waals surface area contributed by atoms with Gasteiger partial charge in [0.25, 0.3) is 0 Å². The largest absolute Gasteiger partial charge is 0.497 e. The number of hydrogen-bond acceptors (Lipinski definition) is 2. The molecule has 2 aromatic rings. The molecule has 0 amide bonds. The number of nitrogens with one attached hydrogen (secondary N) is 1. The molecule has 0 radical (unpaired) electrons. The lowest BCUT2D eigenvalue weighted by molar-refractivity contribution is 0.415. The van der Waals surface area contributed by atoms with Crippen molar-refractivity contribution >= 4 is 5.69 Å². The van der Waals surface area contributed by atoms with Crippen LogP contribution in [-0.4, -0.2) is 7.11 Å². The quantitative estimate of drug-likeness (QED) is 0.861. The Bertz CT molecular complexity index is 480. The molecule has 0 aliphatic heterocycles. The summed E-state index contributed by atoms with van der Waals surface area (Å²) >= 11 is 0. The van der Waals surface area contributed by atoms with Crippen molar-refractivity contribution in [2.45, 2.75) is 13.5 Å². The second-order valence-electron chi connectivity index (χ2n) is 4.02. The van der Waals surface area contributed by atoms with Gasteiger partial charge in [0.15, 0.2) is 0 Å². The van der Waals surface area contributed by atoms with Crippen molar-refractivity contribution in [3.63, 3.8) is 0 Å². The summed E-state index contributed by atoms with van der Waals surface area (Å²) in [4.78, 5) is 0. The van der Waals surface area contributed by atoms with Crippen molar-refractivity contribution in [2.24, 2.45) is 0 Å². The van der Waals surface area contributed by atoms with Gasteiger partial charge in [0.1, 0.15) is 5.75 Å². The summed E-state index contributed by atoms with van der Waals surface area (Å²) in [6, 6.07) is 16.4. The Labute approximate surface area is 102 Å². The maximum absolute atomic E-state index is 5.22. The first-order valence-corrected chi connectivity index (χ1v) is 5.72. The van der Waals surface area contributed by atoms with Gasteiger partial charge >= 0.3 is 0 Å². The summed E-state index contributed by atoms with van der Waals surface area (Å²) in [6.07, 6.45) is 0. The molecule has 0 aromatic heterocycles. The molecule has 0 spiro atoms. The van der Waals surface area contributed by atoms with Gasteiger partial charge in [0.2, 0.25) is 0 Å². The van der Waals surface area contributed by atoms with Crippen LogP contribution in [0.15, 0.2) is 48.5 Å². The lowest BCUT2D eigenvalue weighted by atomic mass is 10.1. The fourth-order valence-corrected chi connectivity index (χ4v) is 1.71. The van der Waals surface area contributed by atoms with Crippen LogP contribution in [0.25, 0.3) is 0 Å². The van der Waals surface area contributed by atoms with Gasteiger partial charge in [0.05, 0.1) is 7.11 Å². The lowest BCUT2D eigenvalue weighted by Gasteiger charge is -2.11. The SMILES string of the molecule is COc1ccc(C)c(NCc2ccccc2)c1. The zero-order chi connectivity index (χ0) is 12.1. The highest BCUT2D eigenvalue weighted by molar-refractivity contribution is 5.54. The van der Waals surface area contributed by atoms with Gasteiger partial charge in [-0.15, -0.1) is 0 Å². The molecule has 0 bridgehead atoms. The number of aryl methyl sites for hydroxylation is 1. The Morgan fingerprint density at radius 1 is 1.06 bits per heavy atom. The molecule has 0 saturated heterocycles. The second kappa shape index (κ2) is 5.39. The van der Waals surface area contributed by atoms with E-state index in [4.69, 9.17) is 4.74 Å². The zero-order valence-corrected chi connectivity index (χ0v) is 10.2. The predicted molar refractivity (Wildman–Crippen MR) is 71.5 cm³/mol. The van der Waals surface area contributed by atoms with E-state index in [1.165, 1.54) is 11.1 Å². The number of hydrogen-bond donors (Lipinski definition) is 1. The van der Waals surface area contributed by atoms with Crippen LogP contribution in [0, 0.1) is 6.92 Å². The third kappa shape index (κ3) is 3.00. The van der Waals surface area contributed by atoms with Crippen LogP contribution in [0.1, 0.15) is 11.1 Å². The molecule has 0 unspecified atom stereocenters. The minimum Gasteiger partial charge on any atom is -0.497 e.